The molecule has 0 unspecified atom stereocenters. The molecule has 1 N–H and O–H groups in total. The first kappa shape index (κ1) is 16.2. The van der Waals surface area contributed by atoms with Crippen LogP contribution >= 0.6 is 0 Å². The molecule has 0 atom stereocenters. The van der Waals surface area contributed by atoms with Crippen LogP contribution in [0.4, 0.5) is 0 Å². The number of hydrogen-bond acceptors (Lipinski definition) is 1. The van der Waals surface area contributed by atoms with Crippen LogP contribution in [0.2, 0.25) is 0 Å². The van der Waals surface area contributed by atoms with E-state index in [2.05, 4.69) is 6.58 Å². The second-order valence-corrected chi connectivity index (χ2v) is 3.34. The summed E-state index contributed by atoms with van der Waals surface area (Å²) in [7, 11) is 0. The predicted molar refractivity (Wildman–Crippen MR) is 60.5 cm³/mol. The number of unbranched alkanes of at least 4 members (excludes halogenated alkanes) is 6. The van der Waals surface area contributed by atoms with Crippen LogP contribution in [0.25, 0.3) is 0 Å². The van der Waals surface area contributed by atoms with Gasteiger partial charge in [-0.25, -0.2) is 0 Å². The van der Waals surface area contributed by atoms with Gasteiger partial charge in [-0.1, -0.05) is 31.8 Å². The molecule has 2 nitrogen and oxygen atoms in total. The van der Waals surface area contributed by atoms with E-state index >= 15 is 0 Å². The van der Waals surface area contributed by atoms with Crippen molar-refractivity contribution < 1.29 is 9.90 Å². The van der Waals surface area contributed by atoms with Crippen LogP contribution in [-0.4, -0.2) is 29.9 Å². The van der Waals surface area contributed by atoms with Gasteiger partial charge in [0.15, 0.2) is 0 Å². The first-order chi connectivity index (χ1) is 6.27. The molecule has 0 aliphatic heterocycles. The fourth-order valence-corrected chi connectivity index (χ4v) is 1.27. The third-order valence-corrected chi connectivity index (χ3v) is 2.05. The number of hydrogen-bond donors (Lipinski definition) is 1. The van der Waals surface area contributed by atoms with Crippen molar-refractivity contribution in [2.75, 3.05) is 0 Å². The molecule has 0 aromatic carbocycles. The van der Waals surface area contributed by atoms with E-state index in [0.29, 0.717) is 6.42 Å². The zero-order valence-electron chi connectivity index (χ0n) is 9.30. The summed E-state index contributed by atoms with van der Waals surface area (Å²) in [6.45, 7) is 3.66. The summed E-state index contributed by atoms with van der Waals surface area (Å²) in [4.78, 5) is 10.2. The minimum atomic E-state index is -0.674. The molecule has 0 rings (SSSR count). The predicted octanol–water partition coefficient (Wildman–Crippen LogP) is 3.00. The number of carboxylic acids is 1. The molecular formula is C11H20LiO2. The van der Waals surface area contributed by atoms with Crippen molar-refractivity contribution in [3.63, 3.8) is 0 Å². The van der Waals surface area contributed by atoms with Gasteiger partial charge in [0.1, 0.15) is 0 Å². The molecule has 0 amide bonds. The molecule has 0 heterocycles. The summed E-state index contributed by atoms with van der Waals surface area (Å²) >= 11 is 0. The van der Waals surface area contributed by atoms with E-state index in [1.54, 1.807) is 0 Å². The van der Waals surface area contributed by atoms with Gasteiger partial charge >= 0.3 is 5.97 Å². The SMILES string of the molecule is C=CCCCCCCCCC(=O)O.[Li]. The Labute approximate surface area is 99.0 Å². The van der Waals surface area contributed by atoms with Crippen LogP contribution in [0.15, 0.2) is 12.7 Å². The van der Waals surface area contributed by atoms with E-state index in [0.717, 1.165) is 19.3 Å². The van der Waals surface area contributed by atoms with E-state index in [9.17, 15) is 4.79 Å². The fourth-order valence-electron chi connectivity index (χ4n) is 1.27. The molecule has 0 aliphatic rings. The molecule has 0 saturated heterocycles. The van der Waals surface area contributed by atoms with Crippen LogP contribution < -0.4 is 0 Å². The zero-order chi connectivity index (χ0) is 9.94. The Hall–Kier alpha value is -0.193. The normalized spacial score (nSPS) is 9.14. The molecule has 1 radical (unpaired) electrons. The Morgan fingerprint density at radius 2 is 1.57 bits per heavy atom. The standard InChI is InChI=1S/C11H20O2.Li/c1-2-3-4-5-6-7-8-9-10-11(12)13;/h2H,1,3-10H2,(H,12,13);. The Bertz CT molecular complexity index is 146. The number of carbonyl (C=O) groups is 1. The van der Waals surface area contributed by atoms with Gasteiger partial charge in [0.2, 0.25) is 0 Å². The molecule has 3 heteroatoms. The van der Waals surface area contributed by atoms with Crippen LogP contribution in [0, 0.1) is 0 Å². The molecule has 14 heavy (non-hydrogen) atoms. The number of rotatable bonds is 9. The average Bonchev–Trinajstić information content (AvgIpc) is 2.09. The Kier molecular flexibility index (Phi) is 14.9. The van der Waals surface area contributed by atoms with Crippen molar-refractivity contribution in [2.24, 2.45) is 0 Å². The molecule has 0 saturated carbocycles. The second-order valence-electron chi connectivity index (χ2n) is 3.34. The van der Waals surface area contributed by atoms with Gasteiger partial charge in [-0.3, -0.25) is 4.79 Å². The summed E-state index contributed by atoms with van der Waals surface area (Å²) in [5.41, 5.74) is 0. The maximum atomic E-state index is 10.2. The van der Waals surface area contributed by atoms with E-state index in [-0.39, 0.29) is 18.9 Å². The molecule has 0 spiro atoms. The van der Waals surface area contributed by atoms with Gasteiger partial charge in [-0.05, 0) is 19.3 Å². The number of allylic oxidation sites excluding steroid dienone is 1. The molecular weight excluding hydrogens is 171 g/mol. The summed E-state index contributed by atoms with van der Waals surface area (Å²) < 4.78 is 0. The van der Waals surface area contributed by atoms with Crippen molar-refractivity contribution in [3.05, 3.63) is 12.7 Å². The third-order valence-electron chi connectivity index (χ3n) is 2.05. The van der Waals surface area contributed by atoms with Gasteiger partial charge in [-0.15, -0.1) is 6.58 Å². The van der Waals surface area contributed by atoms with E-state index < -0.39 is 5.97 Å². The number of carboxylic acid groups (broad SMARTS) is 1. The minimum Gasteiger partial charge on any atom is -0.481 e. The maximum Gasteiger partial charge on any atom is 0.303 e. The van der Waals surface area contributed by atoms with Crippen LogP contribution in [0.3, 0.4) is 0 Å². The van der Waals surface area contributed by atoms with Gasteiger partial charge in [-0.2, -0.15) is 0 Å². The Morgan fingerprint density at radius 1 is 1.07 bits per heavy atom. The Morgan fingerprint density at radius 3 is 2.07 bits per heavy atom. The van der Waals surface area contributed by atoms with Crippen LogP contribution in [-0.2, 0) is 4.79 Å². The first-order valence-corrected chi connectivity index (χ1v) is 5.10. The summed E-state index contributed by atoms with van der Waals surface area (Å²) in [6.07, 6.45) is 10.1. The summed E-state index contributed by atoms with van der Waals surface area (Å²) in [5.74, 6) is -0.674. The molecule has 0 fully saturated rings. The third kappa shape index (κ3) is 14.3. The minimum absolute atomic E-state index is 0. The van der Waals surface area contributed by atoms with E-state index in [1.165, 1.54) is 25.7 Å². The topological polar surface area (TPSA) is 37.3 Å². The van der Waals surface area contributed by atoms with Crippen LogP contribution in [0.1, 0.15) is 51.4 Å². The van der Waals surface area contributed by atoms with Crippen LogP contribution in [0.5, 0.6) is 0 Å². The largest absolute Gasteiger partial charge is 0.481 e. The first-order valence-electron chi connectivity index (χ1n) is 5.10. The second kappa shape index (κ2) is 12.8. The smallest absolute Gasteiger partial charge is 0.303 e. The summed E-state index contributed by atoms with van der Waals surface area (Å²) in [5, 5.41) is 8.38. The van der Waals surface area contributed by atoms with Gasteiger partial charge in [0.05, 0.1) is 0 Å². The molecule has 77 valence electrons. The number of aliphatic carboxylic acids is 1. The summed E-state index contributed by atoms with van der Waals surface area (Å²) in [6, 6.07) is 0. The van der Waals surface area contributed by atoms with Gasteiger partial charge in [0.25, 0.3) is 0 Å². The van der Waals surface area contributed by atoms with Gasteiger partial charge < -0.3 is 5.11 Å². The Balaban J connectivity index is 0. The van der Waals surface area contributed by atoms with Crippen molar-refractivity contribution in [3.8, 4) is 0 Å². The van der Waals surface area contributed by atoms with Crippen molar-refractivity contribution in [1.82, 2.24) is 0 Å². The van der Waals surface area contributed by atoms with Crippen molar-refractivity contribution in [2.45, 2.75) is 51.4 Å². The maximum absolute atomic E-state index is 10.2. The fraction of sp³-hybridized carbons (Fsp3) is 0.727. The van der Waals surface area contributed by atoms with Crippen molar-refractivity contribution in [1.29, 1.82) is 0 Å². The monoisotopic (exact) mass is 191 g/mol. The molecule has 0 aromatic rings. The average molecular weight is 191 g/mol. The zero-order valence-corrected chi connectivity index (χ0v) is 9.30. The molecule has 0 aromatic heterocycles. The van der Waals surface area contributed by atoms with Gasteiger partial charge in [0, 0.05) is 25.3 Å². The molecule has 0 aliphatic carbocycles. The van der Waals surface area contributed by atoms with Crippen molar-refractivity contribution >= 4 is 24.8 Å². The molecule has 0 bridgehead atoms. The van der Waals surface area contributed by atoms with E-state index in [4.69, 9.17) is 5.11 Å². The van der Waals surface area contributed by atoms with E-state index in [1.807, 2.05) is 6.08 Å². The quantitative estimate of drug-likeness (QED) is 0.345.